The van der Waals surface area contributed by atoms with E-state index in [-0.39, 0.29) is 16.8 Å². The molecule has 6 heteroatoms. The van der Waals surface area contributed by atoms with E-state index in [2.05, 4.69) is 9.97 Å². The zero-order valence-corrected chi connectivity index (χ0v) is 11.1. The lowest BCUT2D eigenvalue weighted by atomic mass is 10.1. The molecule has 0 saturated heterocycles. The highest BCUT2D eigenvalue weighted by atomic mass is 32.1. The summed E-state index contributed by atoms with van der Waals surface area (Å²) in [5.41, 5.74) is 8.24. The number of benzene rings is 2. The molecule has 100 valence electrons. The number of para-hydroxylation sites is 2. The van der Waals surface area contributed by atoms with Gasteiger partial charge in [0.2, 0.25) is 0 Å². The van der Waals surface area contributed by atoms with Crippen molar-refractivity contribution in [3.8, 4) is 11.4 Å². The van der Waals surface area contributed by atoms with E-state index in [0.29, 0.717) is 17.1 Å². The van der Waals surface area contributed by atoms with Gasteiger partial charge in [-0.1, -0.05) is 12.1 Å². The number of H-pyrrole nitrogens is 1. The average Bonchev–Trinajstić information content (AvgIpc) is 2.86. The summed E-state index contributed by atoms with van der Waals surface area (Å²) < 4.78 is 24.9. The summed E-state index contributed by atoms with van der Waals surface area (Å²) >= 11 is 0.230. The van der Waals surface area contributed by atoms with Crippen molar-refractivity contribution in [2.75, 3.05) is 5.73 Å². The Kier molecular flexibility index (Phi) is 3.08. The van der Waals surface area contributed by atoms with Crippen LogP contribution in [0.5, 0.6) is 0 Å². The third-order valence-electron chi connectivity index (χ3n) is 3.02. The molecule has 0 fully saturated rings. The molecule has 4 nitrogen and oxygen atoms in total. The first kappa shape index (κ1) is 12.6. The standard InChI is InChI=1S/C14H10FN3OS/c15-9-5-6-10(16)8(7-20-19)13(9)14-17-11-3-1-2-4-12(11)18-14/h1-7H,16H2,(H,17,18). The number of aromatic nitrogens is 2. The van der Waals surface area contributed by atoms with Gasteiger partial charge in [0.15, 0.2) is 0 Å². The van der Waals surface area contributed by atoms with E-state index in [1.807, 2.05) is 24.3 Å². The van der Waals surface area contributed by atoms with Crippen LogP contribution in [0.15, 0.2) is 36.4 Å². The van der Waals surface area contributed by atoms with Gasteiger partial charge in [0.05, 0.1) is 27.9 Å². The highest BCUT2D eigenvalue weighted by Crippen LogP contribution is 2.29. The van der Waals surface area contributed by atoms with Crippen LogP contribution in [0, 0.1) is 5.82 Å². The van der Waals surface area contributed by atoms with E-state index in [1.165, 1.54) is 17.5 Å². The monoisotopic (exact) mass is 287 g/mol. The molecule has 0 radical (unpaired) electrons. The van der Waals surface area contributed by atoms with Gasteiger partial charge in [-0.3, -0.25) is 0 Å². The normalized spacial score (nSPS) is 10.7. The van der Waals surface area contributed by atoms with Crippen LogP contribution in [0.3, 0.4) is 0 Å². The number of nitrogens with one attached hydrogen (secondary N) is 1. The van der Waals surface area contributed by atoms with Crippen molar-refractivity contribution in [1.82, 2.24) is 9.97 Å². The first-order valence-electron chi connectivity index (χ1n) is 5.85. The fourth-order valence-electron chi connectivity index (χ4n) is 2.10. The summed E-state index contributed by atoms with van der Waals surface area (Å²) in [4.78, 5) is 7.39. The zero-order chi connectivity index (χ0) is 14.1. The van der Waals surface area contributed by atoms with Crippen LogP contribution in [0.25, 0.3) is 22.4 Å². The van der Waals surface area contributed by atoms with Crippen LogP contribution in [-0.2, 0) is 11.3 Å². The predicted octanol–water partition coefficient (Wildman–Crippen LogP) is 2.31. The molecule has 20 heavy (non-hydrogen) atoms. The minimum absolute atomic E-state index is 0.213. The van der Waals surface area contributed by atoms with Gasteiger partial charge < -0.3 is 10.7 Å². The topological polar surface area (TPSA) is 71.8 Å². The molecule has 3 N–H and O–H groups in total. The van der Waals surface area contributed by atoms with Gasteiger partial charge in [0, 0.05) is 16.6 Å². The average molecular weight is 287 g/mol. The zero-order valence-electron chi connectivity index (χ0n) is 10.3. The minimum atomic E-state index is -0.474. The largest absolute Gasteiger partial charge is 0.398 e. The van der Waals surface area contributed by atoms with Gasteiger partial charge in [0.1, 0.15) is 11.6 Å². The fraction of sp³-hybridized carbons (Fsp3) is 0. The van der Waals surface area contributed by atoms with Crippen LogP contribution in [-0.4, -0.2) is 19.5 Å². The molecule has 3 rings (SSSR count). The van der Waals surface area contributed by atoms with E-state index in [0.717, 1.165) is 11.0 Å². The highest BCUT2D eigenvalue weighted by molar-refractivity contribution is 7.65. The number of nitrogens with zero attached hydrogens (tertiary/aromatic N) is 1. The van der Waals surface area contributed by atoms with Crippen molar-refractivity contribution in [3.63, 3.8) is 0 Å². The molecule has 0 amide bonds. The number of anilines is 1. The van der Waals surface area contributed by atoms with Crippen LogP contribution >= 0.6 is 0 Å². The maximum absolute atomic E-state index is 14.1. The van der Waals surface area contributed by atoms with E-state index < -0.39 is 5.82 Å². The lowest BCUT2D eigenvalue weighted by molar-refractivity contribution is 0.630. The molecule has 0 spiro atoms. The van der Waals surface area contributed by atoms with Crippen molar-refractivity contribution >= 4 is 33.3 Å². The predicted molar refractivity (Wildman–Crippen MR) is 79.2 cm³/mol. The molecule has 1 aromatic heterocycles. The third kappa shape index (κ3) is 2.00. The molecule has 0 unspecified atom stereocenters. The minimum Gasteiger partial charge on any atom is -0.398 e. The number of imidazole rings is 1. The second-order valence-corrected chi connectivity index (χ2v) is 4.67. The van der Waals surface area contributed by atoms with Crippen molar-refractivity contribution in [2.24, 2.45) is 0 Å². The van der Waals surface area contributed by atoms with Gasteiger partial charge in [-0.05, 0) is 24.3 Å². The molecule has 0 aliphatic carbocycles. The molecule has 0 aliphatic rings. The van der Waals surface area contributed by atoms with Crippen LogP contribution in [0.1, 0.15) is 5.56 Å². The van der Waals surface area contributed by atoms with Crippen LogP contribution in [0.2, 0.25) is 0 Å². The second kappa shape index (κ2) is 4.90. The summed E-state index contributed by atoms with van der Waals surface area (Å²) in [6, 6.07) is 10.1. The summed E-state index contributed by atoms with van der Waals surface area (Å²) in [6.07, 6.45) is 0. The quantitative estimate of drug-likeness (QED) is 0.561. The SMILES string of the molecule is Nc1ccc(F)c(-c2nc3ccccc3[nH]2)c1C=S=O. The molecule has 0 aliphatic heterocycles. The number of hydrogen-bond donors (Lipinski definition) is 2. The Morgan fingerprint density at radius 3 is 2.80 bits per heavy atom. The second-order valence-electron chi connectivity index (χ2n) is 4.24. The Labute approximate surface area is 117 Å². The summed E-state index contributed by atoms with van der Waals surface area (Å²) in [7, 11) is 0. The van der Waals surface area contributed by atoms with Crippen molar-refractivity contribution < 1.29 is 8.60 Å². The Hall–Kier alpha value is -2.47. The molecule has 1 heterocycles. The van der Waals surface area contributed by atoms with Gasteiger partial charge >= 0.3 is 0 Å². The summed E-state index contributed by atoms with van der Waals surface area (Å²) in [5.74, 6) is -0.116. The molecule has 3 aromatic rings. The van der Waals surface area contributed by atoms with E-state index in [4.69, 9.17) is 5.73 Å². The Bertz CT molecular complexity index is 820. The fourth-order valence-corrected chi connectivity index (χ4v) is 2.45. The number of nitrogens with two attached hydrogens (primary N) is 1. The Morgan fingerprint density at radius 2 is 2.05 bits per heavy atom. The molecular weight excluding hydrogens is 277 g/mol. The third-order valence-corrected chi connectivity index (χ3v) is 3.35. The van der Waals surface area contributed by atoms with Gasteiger partial charge in [-0.2, -0.15) is 0 Å². The van der Waals surface area contributed by atoms with Gasteiger partial charge in [-0.15, -0.1) is 0 Å². The lowest BCUT2D eigenvalue weighted by Crippen LogP contribution is -2.00. The van der Waals surface area contributed by atoms with Gasteiger partial charge in [0.25, 0.3) is 0 Å². The number of hydrogen-bond acceptors (Lipinski definition) is 3. The number of fused-ring (bicyclic) bond motifs is 1. The van der Waals surface area contributed by atoms with Crippen LogP contribution < -0.4 is 5.73 Å². The maximum atomic E-state index is 14.1. The Morgan fingerprint density at radius 1 is 1.25 bits per heavy atom. The van der Waals surface area contributed by atoms with Crippen molar-refractivity contribution in [2.45, 2.75) is 0 Å². The van der Waals surface area contributed by atoms with E-state index in [1.54, 1.807) is 0 Å². The molecular formula is C14H10FN3OS. The Balaban J connectivity index is 2.33. The van der Waals surface area contributed by atoms with Crippen molar-refractivity contribution in [1.29, 1.82) is 0 Å². The summed E-state index contributed by atoms with van der Waals surface area (Å²) in [5, 5.41) is 1.28. The molecule has 0 atom stereocenters. The number of nitrogen functional groups attached to an aromatic ring is 1. The van der Waals surface area contributed by atoms with Crippen LogP contribution in [0.4, 0.5) is 10.1 Å². The first-order chi connectivity index (χ1) is 9.70. The maximum Gasteiger partial charge on any atom is 0.142 e. The molecule has 0 saturated carbocycles. The number of halogens is 1. The van der Waals surface area contributed by atoms with Gasteiger partial charge in [-0.25, -0.2) is 13.6 Å². The summed E-state index contributed by atoms with van der Waals surface area (Å²) in [6.45, 7) is 0. The molecule has 2 aromatic carbocycles. The first-order valence-corrected chi connectivity index (χ1v) is 6.66. The van der Waals surface area contributed by atoms with E-state index >= 15 is 0 Å². The number of rotatable bonds is 2. The highest BCUT2D eigenvalue weighted by Gasteiger charge is 2.16. The molecule has 0 bridgehead atoms. The van der Waals surface area contributed by atoms with Crippen molar-refractivity contribution in [3.05, 3.63) is 47.8 Å². The lowest BCUT2D eigenvalue weighted by Gasteiger charge is -2.06. The smallest absolute Gasteiger partial charge is 0.142 e. The van der Waals surface area contributed by atoms with E-state index in [9.17, 15) is 8.60 Å². The number of aromatic amines is 1.